The average Bonchev–Trinajstić information content (AvgIpc) is 3.27. The average molecular weight is 346 g/mol. The lowest BCUT2D eigenvalue weighted by Gasteiger charge is -2.22. The van der Waals surface area contributed by atoms with E-state index in [4.69, 9.17) is 4.52 Å². The van der Waals surface area contributed by atoms with E-state index in [1.807, 2.05) is 29.9 Å². The van der Waals surface area contributed by atoms with Gasteiger partial charge in [-0.3, -0.25) is 9.48 Å². The quantitative estimate of drug-likeness (QED) is 0.711. The molecule has 0 aliphatic rings. The van der Waals surface area contributed by atoms with Gasteiger partial charge in [-0.1, -0.05) is 5.16 Å². The number of aliphatic hydroxyl groups is 1. The maximum Gasteiger partial charge on any atom is 0.273 e. The highest BCUT2D eigenvalue weighted by molar-refractivity contribution is 7.08. The van der Waals surface area contributed by atoms with E-state index >= 15 is 0 Å². The SMILES string of the molecule is Cc1cnn(Cc2cc(C(=O)NCC(C)(O)c3ccsc3)no2)c1. The predicted octanol–water partition coefficient (Wildman–Crippen LogP) is 1.93. The fraction of sp³-hybridized carbons (Fsp3) is 0.312. The summed E-state index contributed by atoms with van der Waals surface area (Å²) >= 11 is 1.49. The third-order valence-corrected chi connectivity index (χ3v) is 4.29. The van der Waals surface area contributed by atoms with Crippen LogP contribution in [0, 0.1) is 6.92 Å². The molecular formula is C16H18N4O3S. The first kappa shape index (κ1) is 16.4. The highest BCUT2D eigenvalue weighted by Gasteiger charge is 2.25. The molecule has 0 radical (unpaired) electrons. The van der Waals surface area contributed by atoms with Crippen molar-refractivity contribution in [3.8, 4) is 0 Å². The van der Waals surface area contributed by atoms with Crippen molar-refractivity contribution in [2.45, 2.75) is 26.0 Å². The van der Waals surface area contributed by atoms with Crippen LogP contribution in [-0.4, -0.2) is 32.5 Å². The van der Waals surface area contributed by atoms with Crippen molar-refractivity contribution in [3.63, 3.8) is 0 Å². The van der Waals surface area contributed by atoms with Crippen LogP contribution in [0.5, 0.6) is 0 Å². The molecule has 24 heavy (non-hydrogen) atoms. The summed E-state index contributed by atoms with van der Waals surface area (Å²) in [5, 5.41) is 24.8. The van der Waals surface area contributed by atoms with E-state index in [0.717, 1.165) is 11.1 Å². The van der Waals surface area contributed by atoms with E-state index < -0.39 is 11.5 Å². The van der Waals surface area contributed by atoms with Crippen LogP contribution in [0.3, 0.4) is 0 Å². The standard InChI is InChI=1S/C16H18N4O3S/c1-11-6-18-20(7-11)8-13-5-14(19-23-13)15(21)17-10-16(2,22)12-3-4-24-9-12/h3-7,9,22H,8,10H2,1-2H3,(H,17,21). The number of aryl methyl sites for hydroxylation is 1. The highest BCUT2D eigenvalue weighted by atomic mass is 32.1. The van der Waals surface area contributed by atoms with Gasteiger partial charge in [0.05, 0.1) is 12.7 Å². The molecule has 0 saturated carbocycles. The summed E-state index contributed by atoms with van der Waals surface area (Å²) in [5.41, 5.74) is 0.857. The minimum Gasteiger partial charge on any atom is -0.384 e. The molecule has 0 bridgehead atoms. The Morgan fingerprint density at radius 3 is 3.04 bits per heavy atom. The Labute approximate surface area is 142 Å². The van der Waals surface area contributed by atoms with Crippen molar-refractivity contribution in [2.75, 3.05) is 6.54 Å². The number of rotatable bonds is 6. The molecule has 7 nitrogen and oxygen atoms in total. The van der Waals surface area contributed by atoms with Crippen LogP contribution >= 0.6 is 11.3 Å². The summed E-state index contributed by atoms with van der Waals surface area (Å²) in [4.78, 5) is 12.2. The smallest absolute Gasteiger partial charge is 0.273 e. The molecule has 1 unspecified atom stereocenters. The van der Waals surface area contributed by atoms with E-state index in [2.05, 4.69) is 15.6 Å². The third-order valence-electron chi connectivity index (χ3n) is 3.61. The zero-order chi connectivity index (χ0) is 17.2. The largest absolute Gasteiger partial charge is 0.384 e. The van der Waals surface area contributed by atoms with Gasteiger partial charge in [-0.2, -0.15) is 16.4 Å². The molecule has 0 aliphatic carbocycles. The zero-order valence-corrected chi connectivity index (χ0v) is 14.2. The van der Waals surface area contributed by atoms with Crippen molar-refractivity contribution in [2.24, 2.45) is 0 Å². The Morgan fingerprint density at radius 1 is 1.54 bits per heavy atom. The maximum atomic E-state index is 12.2. The van der Waals surface area contributed by atoms with E-state index in [9.17, 15) is 9.90 Å². The van der Waals surface area contributed by atoms with Crippen molar-refractivity contribution >= 4 is 17.2 Å². The van der Waals surface area contributed by atoms with Crippen molar-refractivity contribution in [1.29, 1.82) is 0 Å². The van der Waals surface area contributed by atoms with Gasteiger partial charge in [-0.25, -0.2) is 0 Å². The van der Waals surface area contributed by atoms with Gasteiger partial charge in [0.25, 0.3) is 5.91 Å². The molecule has 8 heteroatoms. The Morgan fingerprint density at radius 2 is 2.38 bits per heavy atom. The van der Waals surface area contributed by atoms with Crippen LogP contribution < -0.4 is 5.32 Å². The number of carbonyl (C=O) groups excluding carboxylic acids is 1. The number of thiophene rings is 1. The van der Waals surface area contributed by atoms with Gasteiger partial charge in [0.1, 0.15) is 12.1 Å². The summed E-state index contributed by atoms with van der Waals surface area (Å²) in [6.45, 7) is 4.09. The van der Waals surface area contributed by atoms with Crippen LogP contribution in [0.25, 0.3) is 0 Å². The Balaban J connectivity index is 1.59. The second-order valence-corrected chi connectivity index (χ2v) is 6.64. The number of amides is 1. The Kier molecular flexibility index (Phi) is 4.50. The fourth-order valence-electron chi connectivity index (χ4n) is 2.22. The summed E-state index contributed by atoms with van der Waals surface area (Å²) in [5.74, 6) is 0.144. The summed E-state index contributed by atoms with van der Waals surface area (Å²) < 4.78 is 6.88. The molecule has 0 aliphatic heterocycles. The van der Waals surface area contributed by atoms with Crippen LogP contribution in [0.1, 0.15) is 34.3 Å². The second-order valence-electron chi connectivity index (χ2n) is 5.86. The highest BCUT2D eigenvalue weighted by Crippen LogP contribution is 2.22. The van der Waals surface area contributed by atoms with Gasteiger partial charge < -0.3 is 14.9 Å². The van der Waals surface area contributed by atoms with Gasteiger partial charge in [0.15, 0.2) is 11.5 Å². The lowest BCUT2D eigenvalue weighted by atomic mass is 9.99. The lowest BCUT2D eigenvalue weighted by Crippen LogP contribution is -2.38. The molecule has 3 aromatic rings. The van der Waals surface area contributed by atoms with Crippen molar-refractivity contribution < 1.29 is 14.4 Å². The first-order valence-corrected chi connectivity index (χ1v) is 8.36. The molecule has 0 aromatic carbocycles. The van der Waals surface area contributed by atoms with Crippen LogP contribution in [0.15, 0.2) is 39.8 Å². The van der Waals surface area contributed by atoms with Crippen molar-refractivity contribution in [1.82, 2.24) is 20.3 Å². The van der Waals surface area contributed by atoms with Gasteiger partial charge in [-0.15, -0.1) is 0 Å². The summed E-state index contributed by atoms with van der Waals surface area (Å²) in [6, 6.07) is 3.41. The summed E-state index contributed by atoms with van der Waals surface area (Å²) in [6.07, 6.45) is 3.62. The van der Waals surface area contributed by atoms with E-state index in [0.29, 0.717) is 12.3 Å². The van der Waals surface area contributed by atoms with Crippen molar-refractivity contribution in [3.05, 3.63) is 57.9 Å². The van der Waals surface area contributed by atoms with Gasteiger partial charge >= 0.3 is 0 Å². The molecule has 3 rings (SSSR count). The number of hydrogen-bond donors (Lipinski definition) is 2. The van der Waals surface area contributed by atoms with E-state index in [1.54, 1.807) is 23.9 Å². The molecular weight excluding hydrogens is 328 g/mol. The van der Waals surface area contributed by atoms with E-state index in [1.165, 1.54) is 11.3 Å². The number of nitrogens with zero attached hydrogens (tertiary/aromatic N) is 3. The normalized spacial score (nSPS) is 13.6. The topological polar surface area (TPSA) is 93.2 Å². The Bertz CT molecular complexity index is 820. The summed E-state index contributed by atoms with van der Waals surface area (Å²) in [7, 11) is 0. The van der Waals surface area contributed by atoms with Gasteiger partial charge in [-0.05, 0) is 41.8 Å². The van der Waals surface area contributed by atoms with Crippen LogP contribution in [-0.2, 0) is 12.1 Å². The molecule has 1 atom stereocenters. The molecule has 0 fully saturated rings. The predicted molar refractivity (Wildman–Crippen MR) is 88.8 cm³/mol. The Hall–Kier alpha value is -2.45. The zero-order valence-electron chi connectivity index (χ0n) is 13.4. The molecule has 0 saturated heterocycles. The van der Waals surface area contributed by atoms with Gasteiger partial charge in [0.2, 0.25) is 0 Å². The first-order chi connectivity index (χ1) is 11.4. The number of aromatic nitrogens is 3. The number of carbonyl (C=O) groups is 1. The maximum absolute atomic E-state index is 12.2. The molecule has 2 N–H and O–H groups in total. The van der Waals surface area contributed by atoms with Gasteiger partial charge in [0, 0.05) is 12.3 Å². The molecule has 3 heterocycles. The van der Waals surface area contributed by atoms with Crippen LogP contribution in [0.2, 0.25) is 0 Å². The van der Waals surface area contributed by atoms with Crippen LogP contribution in [0.4, 0.5) is 0 Å². The van der Waals surface area contributed by atoms with E-state index in [-0.39, 0.29) is 12.2 Å². The number of nitrogens with one attached hydrogen (secondary N) is 1. The third kappa shape index (κ3) is 3.72. The first-order valence-electron chi connectivity index (χ1n) is 7.42. The number of hydrogen-bond acceptors (Lipinski definition) is 6. The minimum absolute atomic E-state index is 0.0864. The minimum atomic E-state index is -1.13. The molecule has 126 valence electrons. The molecule has 3 aromatic heterocycles. The lowest BCUT2D eigenvalue weighted by molar-refractivity contribution is 0.0527. The second kappa shape index (κ2) is 6.58. The molecule has 0 spiro atoms. The molecule has 1 amide bonds. The fourth-order valence-corrected chi connectivity index (χ4v) is 3.01. The monoisotopic (exact) mass is 346 g/mol.